The summed E-state index contributed by atoms with van der Waals surface area (Å²) in [6, 6.07) is 4.04. The van der Waals surface area contributed by atoms with E-state index in [0.717, 1.165) is 6.42 Å². The van der Waals surface area contributed by atoms with E-state index < -0.39 is 0 Å². The first-order chi connectivity index (χ1) is 4.29. The number of rotatable bonds is 2. The molecule has 0 amide bonds. The minimum absolute atomic E-state index is 0.205. The average Bonchev–Trinajstić information content (AvgIpc) is 2.15. The second kappa shape index (κ2) is 2.99. The fraction of sp³-hybridized carbons (Fsp3) is 0.429. The van der Waals surface area contributed by atoms with E-state index in [1.54, 1.807) is 18.3 Å². The maximum atomic E-state index is 8.93. The van der Waals surface area contributed by atoms with Gasteiger partial charge in [0.25, 0.3) is 0 Å². The third-order valence-electron chi connectivity index (χ3n) is 1.08. The number of hydrogen-bond donors (Lipinski definition) is 1. The third-order valence-corrected chi connectivity index (χ3v) is 1.98. The Hall–Kier alpha value is -0.340. The lowest BCUT2D eigenvalue weighted by Gasteiger charge is -1.98. The highest BCUT2D eigenvalue weighted by molar-refractivity contribution is 7.09. The molecule has 9 heavy (non-hydrogen) atoms. The zero-order chi connectivity index (χ0) is 6.69. The molecule has 0 radical (unpaired) electrons. The van der Waals surface area contributed by atoms with Crippen LogP contribution in [0.5, 0.6) is 0 Å². The lowest BCUT2D eigenvalue weighted by molar-refractivity contribution is 0.196. The Morgan fingerprint density at radius 3 is 3.00 bits per heavy atom. The molecular weight excluding hydrogens is 132 g/mol. The van der Waals surface area contributed by atoms with E-state index >= 15 is 0 Å². The van der Waals surface area contributed by atoms with E-state index in [2.05, 4.69) is 0 Å². The highest BCUT2D eigenvalue weighted by atomic mass is 32.1. The van der Waals surface area contributed by atoms with Crippen molar-refractivity contribution in [1.29, 1.82) is 0 Å². The molecule has 0 aliphatic carbocycles. The van der Waals surface area contributed by atoms with Crippen LogP contribution in [0.1, 0.15) is 11.8 Å². The summed E-state index contributed by atoms with van der Waals surface area (Å²) in [6.07, 6.45) is 0.584. The van der Waals surface area contributed by atoms with Gasteiger partial charge < -0.3 is 5.11 Å². The van der Waals surface area contributed by atoms with E-state index in [1.807, 2.05) is 17.5 Å². The molecule has 0 aromatic carbocycles. The highest BCUT2D eigenvalue weighted by Crippen LogP contribution is 2.10. The van der Waals surface area contributed by atoms with Gasteiger partial charge >= 0.3 is 0 Å². The number of aliphatic hydroxyl groups excluding tert-OH is 1. The van der Waals surface area contributed by atoms with Gasteiger partial charge in [0.1, 0.15) is 0 Å². The first-order valence-corrected chi connectivity index (χ1v) is 3.87. The van der Waals surface area contributed by atoms with Crippen LogP contribution in [-0.2, 0) is 6.42 Å². The predicted molar refractivity (Wildman–Crippen MR) is 39.7 cm³/mol. The summed E-state index contributed by atoms with van der Waals surface area (Å²) in [4.78, 5) is 1.25. The molecule has 1 unspecified atom stereocenters. The van der Waals surface area contributed by atoms with Gasteiger partial charge in [-0.25, -0.2) is 0 Å². The standard InChI is InChI=1S/C7H10OS/c1-6(8)5-7-3-2-4-9-7/h2-4,6,8H,5H2,1H3. The lowest BCUT2D eigenvalue weighted by Crippen LogP contribution is -2.01. The van der Waals surface area contributed by atoms with Gasteiger partial charge in [0.15, 0.2) is 0 Å². The number of thiophene rings is 1. The zero-order valence-electron chi connectivity index (χ0n) is 5.37. The van der Waals surface area contributed by atoms with Gasteiger partial charge in [0, 0.05) is 11.3 Å². The predicted octanol–water partition coefficient (Wildman–Crippen LogP) is 1.67. The van der Waals surface area contributed by atoms with Crippen molar-refractivity contribution in [2.24, 2.45) is 0 Å². The van der Waals surface area contributed by atoms with Crippen molar-refractivity contribution in [1.82, 2.24) is 0 Å². The Labute approximate surface area is 59.0 Å². The molecule has 1 N–H and O–H groups in total. The molecular formula is C7H10OS. The summed E-state index contributed by atoms with van der Waals surface area (Å²) in [6.45, 7) is 1.81. The molecule has 50 valence electrons. The Morgan fingerprint density at radius 1 is 1.78 bits per heavy atom. The molecule has 1 atom stereocenters. The van der Waals surface area contributed by atoms with Crippen LogP contribution in [0.2, 0.25) is 0 Å². The second-order valence-corrected chi connectivity index (χ2v) is 3.16. The first kappa shape index (κ1) is 6.78. The molecule has 0 bridgehead atoms. The normalized spacial score (nSPS) is 13.6. The highest BCUT2D eigenvalue weighted by Gasteiger charge is 1.97. The maximum Gasteiger partial charge on any atom is 0.0560 e. The fourth-order valence-corrected chi connectivity index (χ4v) is 1.55. The van der Waals surface area contributed by atoms with Gasteiger partial charge in [-0.05, 0) is 18.4 Å². The van der Waals surface area contributed by atoms with E-state index in [1.165, 1.54) is 4.88 Å². The molecule has 1 heterocycles. The van der Waals surface area contributed by atoms with Crippen molar-refractivity contribution in [2.45, 2.75) is 19.4 Å². The van der Waals surface area contributed by atoms with E-state index in [4.69, 9.17) is 5.11 Å². The molecule has 0 saturated heterocycles. The van der Waals surface area contributed by atoms with Crippen molar-refractivity contribution < 1.29 is 5.11 Å². The molecule has 0 fully saturated rings. The van der Waals surface area contributed by atoms with Crippen molar-refractivity contribution >= 4 is 11.3 Å². The smallest absolute Gasteiger partial charge is 0.0560 e. The summed E-state index contributed by atoms with van der Waals surface area (Å²) >= 11 is 1.69. The number of aliphatic hydroxyl groups is 1. The van der Waals surface area contributed by atoms with Gasteiger partial charge in [-0.2, -0.15) is 0 Å². The van der Waals surface area contributed by atoms with Crippen LogP contribution in [0, 0.1) is 0 Å². The summed E-state index contributed by atoms with van der Waals surface area (Å²) in [5.74, 6) is 0. The van der Waals surface area contributed by atoms with Crippen LogP contribution < -0.4 is 0 Å². The fourth-order valence-electron chi connectivity index (χ4n) is 0.720. The Kier molecular flexibility index (Phi) is 2.25. The number of hydrogen-bond acceptors (Lipinski definition) is 2. The Balaban J connectivity index is 2.48. The molecule has 0 aliphatic heterocycles. The molecule has 2 heteroatoms. The van der Waals surface area contributed by atoms with Crippen molar-refractivity contribution in [3.63, 3.8) is 0 Å². The van der Waals surface area contributed by atoms with Crippen molar-refractivity contribution in [3.8, 4) is 0 Å². The van der Waals surface area contributed by atoms with Gasteiger partial charge in [-0.3, -0.25) is 0 Å². The van der Waals surface area contributed by atoms with Crippen molar-refractivity contribution in [2.75, 3.05) is 0 Å². The largest absolute Gasteiger partial charge is 0.393 e. The molecule has 1 aromatic heterocycles. The Bertz CT molecular complexity index is 155. The SMILES string of the molecule is CC(O)Cc1cccs1. The monoisotopic (exact) mass is 142 g/mol. The van der Waals surface area contributed by atoms with E-state index in [-0.39, 0.29) is 6.10 Å². The van der Waals surface area contributed by atoms with E-state index in [0.29, 0.717) is 0 Å². The average molecular weight is 142 g/mol. The van der Waals surface area contributed by atoms with Gasteiger partial charge in [-0.1, -0.05) is 6.07 Å². The molecule has 0 saturated carbocycles. The van der Waals surface area contributed by atoms with Crippen LogP contribution in [0.4, 0.5) is 0 Å². The minimum Gasteiger partial charge on any atom is -0.393 e. The maximum absolute atomic E-state index is 8.93. The van der Waals surface area contributed by atoms with E-state index in [9.17, 15) is 0 Å². The topological polar surface area (TPSA) is 20.2 Å². The summed E-state index contributed by atoms with van der Waals surface area (Å²) in [5, 5.41) is 11.0. The zero-order valence-corrected chi connectivity index (χ0v) is 6.19. The van der Waals surface area contributed by atoms with Gasteiger partial charge in [0.2, 0.25) is 0 Å². The Morgan fingerprint density at radius 2 is 2.56 bits per heavy atom. The van der Waals surface area contributed by atoms with Gasteiger partial charge in [-0.15, -0.1) is 11.3 Å². The van der Waals surface area contributed by atoms with Crippen LogP contribution >= 0.6 is 11.3 Å². The lowest BCUT2D eigenvalue weighted by atomic mass is 10.2. The van der Waals surface area contributed by atoms with Gasteiger partial charge in [0.05, 0.1) is 6.10 Å². The summed E-state index contributed by atoms with van der Waals surface area (Å²) in [7, 11) is 0. The molecule has 1 rings (SSSR count). The van der Waals surface area contributed by atoms with Crippen LogP contribution in [0.25, 0.3) is 0 Å². The minimum atomic E-state index is -0.205. The molecule has 1 aromatic rings. The molecule has 1 nitrogen and oxygen atoms in total. The third kappa shape index (κ3) is 2.16. The first-order valence-electron chi connectivity index (χ1n) is 2.99. The van der Waals surface area contributed by atoms with Crippen LogP contribution in [0.15, 0.2) is 17.5 Å². The van der Waals surface area contributed by atoms with Crippen LogP contribution in [0.3, 0.4) is 0 Å². The van der Waals surface area contributed by atoms with Crippen molar-refractivity contribution in [3.05, 3.63) is 22.4 Å². The second-order valence-electron chi connectivity index (χ2n) is 2.13. The quantitative estimate of drug-likeness (QED) is 0.666. The summed E-state index contributed by atoms with van der Waals surface area (Å²) < 4.78 is 0. The summed E-state index contributed by atoms with van der Waals surface area (Å²) in [5.41, 5.74) is 0. The molecule has 0 spiro atoms. The van der Waals surface area contributed by atoms with Crippen LogP contribution in [-0.4, -0.2) is 11.2 Å². The molecule has 0 aliphatic rings.